The van der Waals surface area contributed by atoms with Gasteiger partial charge in [0.15, 0.2) is 0 Å². The van der Waals surface area contributed by atoms with Gasteiger partial charge in [0, 0.05) is 6.20 Å². The van der Waals surface area contributed by atoms with Crippen molar-refractivity contribution in [2.24, 2.45) is 0 Å². The van der Waals surface area contributed by atoms with Crippen molar-refractivity contribution in [3.8, 4) is 5.88 Å². The highest BCUT2D eigenvalue weighted by Crippen LogP contribution is 2.24. The molecule has 0 aromatic carbocycles. The first kappa shape index (κ1) is 13.4. The van der Waals surface area contributed by atoms with Gasteiger partial charge >= 0.3 is 0 Å². The molecule has 0 spiro atoms. The molecule has 3 aromatic rings. The highest BCUT2D eigenvalue weighted by Gasteiger charge is 2.11. The third-order valence-electron chi connectivity index (χ3n) is 3.24. The molecule has 3 rings (SSSR count). The minimum atomic E-state index is 0.128. The van der Waals surface area contributed by atoms with Crippen molar-refractivity contribution in [1.82, 2.24) is 14.2 Å². The van der Waals surface area contributed by atoms with Crippen molar-refractivity contribution in [3.05, 3.63) is 43.1 Å². The van der Waals surface area contributed by atoms with Gasteiger partial charge < -0.3 is 15.6 Å². The van der Waals surface area contributed by atoms with Crippen LogP contribution in [0.4, 0.5) is 5.69 Å². The Hall–Kier alpha value is -2.54. The number of pyridine rings is 1. The summed E-state index contributed by atoms with van der Waals surface area (Å²) in [5.41, 5.74) is 7.41. The first-order chi connectivity index (χ1) is 10.3. The first-order valence-corrected chi connectivity index (χ1v) is 6.79. The Balaban J connectivity index is 1.62. The molecule has 0 amide bonds. The highest BCUT2D eigenvalue weighted by atomic mass is 16.5. The maximum Gasteiger partial charge on any atom is 0.257 e. The lowest BCUT2D eigenvalue weighted by atomic mass is 10.4. The monoisotopic (exact) mass is 288 g/mol. The molecule has 0 fully saturated rings. The summed E-state index contributed by atoms with van der Waals surface area (Å²) < 4.78 is 11.3. The lowest BCUT2D eigenvalue weighted by Gasteiger charge is -2.01. The maximum absolute atomic E-state index is 8.87. The van der Waals surface area contributed by atoms with Crippen LogP contribution in [0.3, 0.4) is 0 Å². The number of nitrogens with two attached hydrogens (primary N) is 1. The fourth-order valence-electron chi connectivity index (χ4n) is 2.17. The van der Waals surface area contributed by atoms with E-state index in [0.29, 0.717) is 31.3 Å². The van der Waals surface area contributed by atoms with Crippen molar-refractivity contribution in [2.45, 2.75) is 13.1 Å². The minimum Gasteiger partial charge on any atom is -0.471 e. The number of aromatic nitrogens is 4. The van der Waals surface area contributed by atoms with Crippen molar-refractivity contribution in [3.63, 3.8) is 0 Å². The maximum atomic E-state index is 8.87. The predicted molar refractivity (Wildman–Crippen MR) is 76.8 cm³/mol. The lowest BCUT2D eigenvalue weighted by Crippen LogP contribution is -2.33. The summed E-state index contributed by atoms with van der Waals surface area (Å²) in [4.78, 5) is 0. The van der Waals surface area contributed by atoms with Crippen LogP contribution < -0.4 is 15.0 Å². The molecular weight excluding hydrogens is 270 g/mol. The quantitative estimate of drug-likeness (QED) is 0.629. The zero-order valence-electron chi connectivity index (χ0n) is 11.6. The molecular formula is C14H18N5O2+. The zero-order valence-corrected chi connectivity index (χ0v) is 11.6. The molecule has 0 aliphatic heterocycles. The zero-order chi connectivity index (χ0) is 14.7. The number of anilines is 1. The topological polar surface area (TPSA) is 81.6 Å². The van der Waals surface area contributed by atoms with E-state index in [0.717, 1.165) is 5.52 Å². The van der Waals surface area contributed by atoms with E-state index in [1.807, 2.05) is 52.3 Å². The number of rotatable bonds is 6. The Morgan fingerprint density at radius 2 is 2.24 bits per heavy atom. The molecule has 7 heteroatoms. The molecule has 3 heterocycles. The molecule has 0 aliphatic carbocycles. The summed E-state index contributed by atoms with van der Waals surface area (Å²) in [7, 11) is 0. The second kappa shape index (κ2) is 5.84. The average molecular weight is 288 g/mol. The van der Waals surface area contributed by atoms with Crippen LogP contribution in [0.25, 0.3) is 5.52 Å². The summed E-state index contributed by atoms with van der Waals surface area (Å²) in [6.07, 6.45) is 7.61. The summed E-state index contributed by atoms with van der Waals surface area (Å²) in [5, 5.41) is 13.2. The Morgan fingerprint density at radius 1 is 1.33 bits per heavy atom. The van der Waals surface area contributed by atoms with Crippen LogP contribution in [0.5, 0.6) is 5.88 Å². The molecule has 0 radical (unpaired) electrons. The number of aliphatic hydroxyl groups is 1. The van der Waals surface area contributed by atoms with Gasteiger partial charge in [-0.2, -0.15) is 0 Å². The smallest absolute Gasteiger partial charge is 0.257 e. The molecule has 3 aromatic heterocycles. The van der Waals surface area contributed by atoms with Crippen molar-refractivity contribution >= 4 is 11.2 Å². The van der Waals surface area contributed by atoms with Gasteiger partial charge in [0.1, 0.15) is 37.8 Å². The van der Waals surface area contributed by atoms with E-state index in [4.69, 9.17) is 15.6 Å². The fraction of sp³-hybridized carbons (Fsp3) is 0.286. The van der Waals surface area contributed by atoms with Crippen LogP contribution in [0.1, 0.15) is 0 Å². The summed E-state index contributed by atoms with van der Waals surface area (Å²) in [6, 6.07) is 5.71. The third kappa shape index (κ3) is 2.82. The van der Waals surface area contributed by atoms with Crippen LogP contribution in [0.15, 0.2) is 43.1 Å². The van der Waals surface area contributed by atoms with E-state index in [9.17, 15) is 0 Å². The fourth-order valence-corrected chi connectivity index (χ4v) is 2.17. The molecule has 7 nitrogen and oxygen atoms in total. The second-order valence-electron chi connectivity index (χ2n) is 4.71. The van der Waals surface area contributed by atoms with E-state index < -0.39 is 0 Å². The Kier molecular flexibility index (Phi) is 3.74. The normalized spacial score (nSPS) is 11.1. The van der Waals surface area contributed by atoms with E-state index in [1.165, 1.54) is 0 Å². The predicted octanol–water partition coefficient (Wildman–Crippen LogP) is 0.0768. The number of ether oxygens (including phenoxy) is 1. The molecule has 0 atom stereocenters. The number of fused-ring (bicyclic) bond motifs is 1. The SMILES string of the molecule is Nc1c(OCCn2cc[n+](CCO)c2)nn2ccccc12. The van der Waals surface area contributed by atoms with Crippen LogP contribution in [-0.2, 0) is 13.1 Å². The molecule has 0 aliphatic rings. The number of imidazole rings is 1. The minimum absolute atomic E-state index is 0.128. The van der Waals surface area contributed by atoms with Gasteiger partial charge in [-0.05, 0) is 12.1 Å². The van der Waals surface area contributed by atoms with Gasteiger partial charge in [0.25, 0.3) is 5.88 Å². The second-order valence-corrected chi connectivity index (χ2v) is 4.71. The Labute approximate surface area is 121 Å². The standard InChI is InChI=1S/C14H18N5O2/c15-13-12-3-1-2-4-19(12)16-14(13)21-10-8-18-6-5-17(11-18)7-9-20/h1-6,11,20H,7-10,15H2/q+1. The average Bonchev–Trinajstić information content (AvgIpc) is 3.06. The summed E-state index contributed by atoms with van der Waals surface area (Å²) in [5.74, 6) is 0.455. The van der Waals surface area contributed by atoms with Gasteiger partial charge in [0.2, 0.25) is 6.33 Å². The Morgan fingerprint density at radius 3 is 3.05 bits per heavy atom. The van der Waals surface area contributed by atoms with Crippen LogP contribution in [0, 0.1) is 0 Å². The highest BCUT2D eigenvalue weighted by molar-refractivity contribution is 5.74. The number of hydrogen-bond donors (Lipinski definition) is 2. The number of aliphatic hydroxyl groups excluding tert-OH is 1. The number of nitrogens with zero attached hydrogens (tertiary/aromatic N) is 4. The van der Waals surface area contributed by atoms with Gasteiger partial charge in [-0.1, -0.05) is 6.07 Å². The van der Waals surface area contributed by atoms with Crippen molar-refractivity contribution in [2.75, 3.05) is 18.9 Å². The van der Waals surface area contributed by atoms with Crippen molar-refractivity contribution < 1.29 is 14.4 Å². The largest absolute Gasteiger partial charge is 0.471 e. The molecule has 0 bridgehead atoms. The van der Waals surface area contributed by atoms with Crippen LogP contribution >= 0.6 is 0 Å². The summed E-state index contributed by atoms with van der Waals surface area (Å²) in [6.45, 7) is 1.88. The van der Waals surface area contributed by atoms with E-state index >= 15 is 0 Å². The Bertz CT molecular complexity index is 734. The van der Waals surface area contributed by atoms with Crippen molar-refractivity contribution in [1.29, 1.82) is 0 Å². The van der Waals surface area contributed by atoms with E-state index in [2.05, 4.69) is 5.10 Å². The van der Waals surface area contributed by atoms with Crippen LogP contribution in [0.2, 0.25) is 0 Å². The molecule has 0 unspecified atom stereocenters. The first-order valence-electron chi connectivity index (χ1n) is 6.79. The molecule has 21 heavy (non-hydrogen) atoms. The van der Waals surface area contributed by atoms with E-state index in [-0.39, 0.29) is 6.61 Å². The molecule has 3 N–H and O–H groups in total. The third-order valence-corrected chi connectivity index (χ3v) is 3.24. The lowest BCUT2D eigenvalue weighted by molar-refractivity contribution is -0.697. The molecule has 0 saturated carbocycles. The van der Waals surface area contributed by atoms with Gasteiger partial charge in [0.05, 0.1) is 12.1 Å². The van der Waals surface area contributed by atoms with E-state index in [1.54, 1.807) is 4.52 Å². The van der Waals surface area contributed by atoms with Crippen LogP contribution in [-0.4, -0.2) is 32.5 Å². The number of hydrogen-bond acceptors (Lipinski definition) is 4. The number of nitrogen functional groups attached to an aromatic ring is 1. The molecule has 110 valence electrons. The van der Waals surface area contributed by atoms with Gasteiger partial charge in [-0.15, -0.1) is 5.10 Å². The summed E-state index contributed by atoms with van der Waals surface area (Å²) >= 11 is 0. The van der Waals surface area contributed by atoms with Gasteiger partial charge in [-0.3, -0.25) is 0 Å². The van der Waals surface area contributed by atoms with Gasteiger partial charge in [-0.25, -0.2) is 13.6 Å². The molecule has 0 saturated heterocycles.